The van der Waals surface area contributed by atoms with Gasteiger partial charge in [0.05, 0.1) is 18.8 Å². The fourth-order valence-electron chi connectivity index (χ4n) is 1.20. The third-order valence-electron chi connectivity index (χ3n) is 1.93. The van der Waals surface area contributed by atoms with Crippen molar-refractivity contribution in [2.75, 3.05) is 6.54 Å². The molecule has 0 radical (unpaired) electrons. The van der Waals surface area contributed by atoms with E-state index in [2.05, 4.69) is 10.0 Å². The summed E-state index contributed by atoms with van der Waals surface area (Å²) in [6, 6.07) is 0. The van der Waals surface area contributed by atoms with Gasteiger partial charge in [-0.1, -0.05) is 5.11 Å². The van der Waals surface area contributed by atoms with Crippen molar-refractivity contribution in [2.45, 2.75) is 31.3 Å². The van der Waals surface area contributed by atoms with Crippen LogP contribution in [0.2, 0.25) is 0 Å². The van der Waals surface area contributed by atoms with E-state index in [-0.39, 0.29) is 6.54 Å². The highest BCUT2D eigenvalue weighted by Crippen LogP contribution is 2.20. The van der Waals surface area contributed by atoms with Crippen LogP contribution < -0.4 is 0 Å². The zero-order valence-electron chi connectivity index (χ0n) is 6.66. The summed E-state index contributed by atoms with van der Waals surface area (Å²) >= 11 is 0. The summed E-state index contributed by atoms with van der Waals surface area (Å²) in [5, 5.41) is 21.8. The number of rotatable bonds is 2. The van der Waals surface area contributed by atoms with Crippen molar-refractivity contribution in [2.24, 2.45) is 5.11 Å². The Labute approximate surface area is 69.4 Å². The second-order valence-electron chi connectivity index (χ2n) is 2.77. The van der Waals surface area contributed by atoms with Crippen molar-refractivity contribution in [1.29, 1.82) is 0 Å². The lowest BCUT2D eigenvalue weighted by atomic mass is 10.1. The van der Waals surface area contributed by atoms with Crippen LogP contribution in [0.1, 0.15) is 6.92 Å². The number of azide groups is 1. The molecular formula is C6H11N3O3. The van der Waals surface area contributed by atoms with E-state index in [1.165, 1.54) is 0 Å². The van der Waals surface area contributed by atoms with Gasteiger partial charge < -0.3 is 14.9 Å². The maximum atomic E-state index is 9.30. The molecule has 0 amide bonds. The Balaban J connectivity index is 2.52. The standard InChI is InChI=1S/C6H11N3O3/c1-3-5(10)6(11)4(12-3)2-8-9-7/h3-6,10-11H,2H2,1H3/t3?,4-,5+,6-/m0/s1. The Hall–Kier alpha value is -0.810. The summed E-state index contributed by atoms with van der Waals surface area (Å²) in [5.74, 6) is 0. The molecule has 12 heavy (non-hydrogen) atoms. The smallest absolute Gasteiger partial charge is 0.109 e. The average molecular weight is 173 g/mol. The maximum absolute atomic E-state index is 9.30. The van der Waals surface area contributed by atoms with Gasteiger partial charge in [-0.25, -0.2) is 0 Å². The molecule has 68 valence electrons. The van der Waals surface area contributed by atoms with Crippen LogP contribution in [0.3, 0.4) is 0 Å². The molecule has 0 aromatic carbocycles. The summed E-state index contributed by atoms with van der Waals surface area (Å²) in [5.41, 5.74) is 8.00. The van der Waals surface area contributed by atoms with Crippen molar-refractivity contribution in [3.8, 4) is 0 Å². The second kappa shape index (κ2) is 3.73. The number of hydrogen-bond acceptors (Lipinski definition) is 4. The summed E-state index contributed by atoms with van der Waals surface area (Å²) in [6.45, 7) is 1.71. The Kier molecular flexibility index (Phi) is 2.88. The Morgan fingerprint density at radius 1 is 1.50 bits per heavy atom. The van der Waals surface area contributed by atoms with Gasteiger partial charge in [-0.05, 0) is 12.5 Å². The van der Waals surface area contributed by atoms with Crippen LogP contribution in [0.25, 0.3) is 10.4 Å². The first-order valence-corrected chi connectivity index (χ1v) is 3.69. The number of aliphatic hydroxyl groups is 2. The second-order valence-corrected chi connectivity index (χ2v) is 2.77. The monoisotopic (exact) mass is 173 g/mol. The SMILES string of the molecule is CC1O[C@@H](CN=[N+]=[N-])[C@H](O)[C@@H]1O. The average Bonchev–Trinajstić information content (AvgIpc) is 2.30. The van der Waals surface area contributed by atoms with Gasteiger partial charge in [-0.3, -0.25) is 0 Å². The maximum Gasteiger partial charge on any atom is 0.109 e. The third kappa shape index (κ3) is 1.67. The lowest BCUT2D eigenvalue weighted by Gasteiger charge is -2.10. The Bertz CT molecular complexity index is 204. The first kappa shape index (κ1) is 9.28. The van der Waals surface area contributed by atoms with Gasteiger partial charge >= 0.3 is 0 Å². The van der Waals surface area contributed by atoms with Crippen LogP contribution in [0.4, 0.5) is 0 Å². The largest absolute Gasteiger partial charge is 0.388 e. The number of aliphatic hydroxyl groups excluding tert-OH is 2. The van der Waals surface area contributed by atoms with Crippen LogP contribution in [0.15, 0.2) is 5.11 Å². The lowest BCUT2D eigenvalue weighted by molar-refractivity contribution is 0.0224. The number of hydrogen-bond donors (Lipinski definition) is 2. The molecule has 6 heteroatoms. The van der Waals surface area contributed by atoms with Crippen molar-refractivity contribution in [3.63, 3.8) is 0 Å². The topological polar surface area (TPSA) is 98.5 Å². The minimum absolute atomic E-state index is 0.0546. The van der Waals surface area contributed by atoms with Crippen molar-refractivity contribution < 1.29 is 14.9 Å². The molecule has 1 rings (SSSR count). The Morgan fingerprint density at radius 2 is 2.17 bits per heavy atom. The molecule has 1 aliphatic heterocycles. The first-order chi connectivity index (χ1) is 5.66. The molecule has 1 unspecified atom stereocenters. The predicted octanol–water partition coefficient (Wildman–Crippen LogP) is -0.194. The summed E-state index contributed by atoms with van der Waals surface area (Å²) < 4.78 is 5.12. The normalized spacial score (nSPS) is 40.9. The van der Waals surface area contributed by atoms with Gasteiger partial charge in [0.2, 0.25) is 0 Å². The van der Waals surface area contributed by atoms with Crippen LogP contribution in [-0.4, -0.2) is 41.2 Å². The van der Waals surface area contributed by atoms with E-state index in [0.29, 0.717) is 0 Å². The van der Waals surface area contributed by atoms with E-state index < -0.39 is 24.4 Å². The molecule has 4 atom stereocenters. The quantitative estimate of drug-likeness (QED) is 0.344. The van der Waals surface area contributed by atoms with Crippen LogP contribution in [-0.2, 0) is 4.74 Å². The van der Waals surface area contributed by atoms with Crippen LogP contribution in [0.5, 0.6) is 0 Å². The molecule has 0 aromatic heterocycles. The van der Waals surface area contributed by atoms with Crippen LogP contribution >= 0.6 is 0 Å². The highest BCUT2D eigenvalue weighted by Gasteiger charge is 2.39. The van der Waals surface area contributed by atoms with Gasteiger partial charge in [-0.2, -0.15) is 0 Å². The fourth-order valence-corrected chi connectivity index (χ4v) is 1.20. The van der Waals surface area contributed by atoms with E-state index >= 15 is 0 Å². The minimum Gasteiger partial charge on any atom is -0.388 e. The van der Waals surface area contributed by atoms with E-state index in [0.717, 1.165) is 0 Å². The molecule has 1 saturated heterocycles. The number of ether oxygens (including phenoxy) is 1. The van der Waals surface area contributed by atoms with E-state index in [1.807, 2.05) is 0 Å². The molecule has 0 spiro atoms. The van der Waals surface area contributed by atoms with E-state index in [9.17, 15) is 10.2 Å². The zero-order valence-corrected chi connectivity index (χ0v) is 6.66. The lowest BCUT2D eigenvalue weighted by Crippen LogP contribution is -2.32. The van der Waals surface area contributed by atoms with E-state index in [4.69, 9.17) is 10.3 Å². The first-order valence-electron chi connectivity index (χ1n) is 3.69. The highest BCUT2D eigenvalue weighted by molar-refractivity contribution is 4.89. The minimum atomic E-state index is -0.953. The molecule has 0 aromatic rings. The summed E-state index contributed by atoms with van der Waals surface area (Å²) in [6.07, 6.45) is -2.82. The van der Waals surface area contributed by atoms with E-state index in [1.54, 1.807) is 6.92 Å². The van der Waals surface area contributed by atoms with Gasteiger partial charge in [-0.15, -0.1) is 0 Å². The van der Waals surface area contributed by atoms with Gasteiger partial charge in [0, 0.05) is 4.91 Å². The van der Waals surface area contributed by atoms with Crippen molar-refractivity contribution >= 4 is 0 Å². The zero-order chi connectivity index (χ0) is 9.14. The molecule has 6 nitrogen and oxygen atoms in total. The summed E-state index contributed by atoms with van der Waals surface area (Å²) in [7, 11) is 0. The molecular weight excluding hydrogens is 162 g/mol. The van der Waals surface area contributed by atoms with Crippen LogP contribution in [0, 0.1) is 0 Å². The molecule has 1 heterocycles. The molecule has 0 aliphatic carbocycles. The predicted molar refractivity (Wildman–Crippen MR) is 40.4 cm³/mol. The summed E-state index contributed by atoms with van der Waals surface area (Å²) in [4.78, 5) is 2.54. The third-order valence-corrected chi connectivity index (χ3v) is 1.93. The van der Waals surface area contributed by atoms with Gasteiger partial charge in [0.1, 0.15) is 12.2 Å². The van der Waals surface area contributed by atoms with Gasteiger partial charge in [0.15, 0.2) is 0 Å². The van der Waals surface area contributed by atoms with Crippen molar-refractivity contribution in [3.05, 3.63) is 10.4 Å². The molecule has 1 fully saturated rings. The van der Waals surface area contributed by atoms with Gasteiger partial charge in [0.25, 0.3) is 0 Å². The van der Waals surface area contributed by atoms with Crippen molar-refractivity contribution in [1.82, 2.24) is 0 Å². The fraction of sp³-hybridized carbons (Fsp3) is 1.00. The Morgan fingerprint density at radius 3 is 2.58 bits per heavy atom. The molecule has 2 N–H and O–H groups in total. The number of nitrogens with zero attached hydrogens (tertiary/aromatic N) is 3. The highest BCUT2D eigenvalue weighted by atomic mass is 16.5. The molecule has 1 aliphatic rings. The molecule has 0 bridgehead atoms. The molecule has 0 saturated carbocycles.